The third kappa shape index (κ3) is 3.84. The largest absolute Gasteiger partial charge is 0.443 e. The Bertz CT molecular complexity index is 671. The standard InChI is InChI=1S/C13H18N2O4S2/c1-13(2,3)19-12(16)15-8-4-5-9(15)10-6-7-11(20-10)21(14,17)18/h4,6-9H,5H2,1-3H3,(H2,14,17,18)/t9-/m1/s1. The molecule has 2 N–H and O–H groups in total. The number of nitrogens with zero attached hydrogens (tertiary/aromatic N) is 1. The number of hydrogen-bond acceptors (Lipinski definition) is 5. The number of primary sulfonamides is 1. The molecular formula is C13H18N2O4S2. The molecule has 1 aliphatic heterocycles. The number of amides is 1. The third-order valence-electron chi connectivity index (χ3n) is 2.78. The van der Waals surface area contributed by atoms with Crippen molar-refractivity contribution in [3.63, 3.8) is 0 Å². The lowest BCUT2D eigenvalue weighted by molar-refractivity contribution is 0.0288. The fourth-order valence-corrected chi connectivity index (χ4v) is 3.80. The molecule has 1 atom stereocenters. The monoisotopic (exact) mass is 330 g/mol. The lowest BCUT2D eigenvalue weighted by Gasteiger charge is -2.27. The summed E-state index contributed by atoms with van der Waals surface area (Å²) < 4.78 is 28.1. The van der Waals surface area contributed by atoms with Gasteiger partial charge >= 0.3 is 6.09 Å². The van der Waals surface area contributed by atoms with Gasteiger partial charge in [-0.25, -0.2) is 18.4 Å². The maximum absolute atomic E-state index is 12.2. The fraction of sp³-hybridized carbons (Fsp3) is 0.462. The van der Waals surface area contributed by atoms with E-state index in [-0.39, 0.29) is 10.3 Å². The van der Waals surface area contributed by atoms with E-state index in [0.717, 1.165) is 16.2 Å². The molecule has 0 aliphatic carbocycles. The Morgan fingerprint density at radius 2 is 2.10 bits per heavy atom. The Morgan fingerprint density at radius 3 is 2.62 bits per heavy atom. The van der Waals surface area contributed by atoms with E-state index in [1.807, 2.05) is 6.08 Å². The number of rotatable bonds is 2. The summed E-state index contributed by atoms with van der Waals surface area (Å²) in [5.74, 6) is 0. The van der Waals surface area contributed by atoms with E-state index in [1.165, 1.54) is 11.0 Å². The van der Waals surface area contributed by atoms with Gasteiger partial charge in [-0.05, 0) is 39.3 Å². The summed E-state index contributed by atoms with van der Waals surface area (Å²) in [6.45, 7) is 5.39. The lowest BCUT2D eigenvalue weighted by Crippen LogP contribution is -2.34. The molecule has 1 amide bonds. The summed E-state index contributed by atoms with van der Waals surface area (Å²) in [5, 5.41) is 5.11. The Balaban J connectivity index is 2.20. The van der Waals surface area contributed by atoms with Gasteiger partial charge in [0.25, 0.3) is 0 Å². The van der Waals surface area contributed by atoms with Crippen LogP contribution in [0.15, 0.2) is 28.6 Å². The number of carbonyl (C=O) groups excluding carboxylic acids is 1. The molecule has 0 radical (unpaired) electrons. The van der Waals surface area contributed by atoms with Gasteiger partial charge in [0, 0.05) is 11.1 Å². The maximum Gasteiger partial charge on any atom is 0.414 e. The molecule has 1 aromatic rings. The van der Waals surface area contributed by atoms with Crippen LogP contribution in [0.5, 0.6) is 0 Å². The zero-order valence-corrected chi connectivity index (χ0v) is 13.7. The van der Waals surface area contributed by atoms with Crippen LogP contribution in [0.25, 0.3) is 0 Å². The Labute approximate surface area is 128 Å². The molecular weight excluding hydrogens is 312 g/mol. The minimum Gasteiger partial charge on any atom is -0.443 e. The first-order chi connectivity index (χ1) is 9.58. The number of hydrogen-bond donors (Lipinski definition) is 1. The maximum atomic E-state index is 12.2. The molecule has 0 aromatic carbocycles. The topological polar surface area (TPSA) is 89.7 Å². The molecule has 0 unspecified atom stereocenters. The van der Waals surface area contributed by atoms with Gasteiger partial charge in [-0.1, -0.05) is 6.08 Å². The summed E-state index contributed by atoms with van der Waals surface area (Å²) in [6, 6.07) is 2.89. The van der Waals surface area contributed by atoms with Gasteiger partial charge in [-0.3, -0.25) is 4.90 Å². The molecule has 0 saturated heterocycles. The second kappa shape index (κ2) is 5.43. The zero-order chi connectivity index (χ0) is 15.8. The van der Waals surface area contributed by atoms with E-state index in [4.69, 9.17) is 9.88 Å². The summed E-state index contributed by atoms with van der Waals surface area (Å²) in [5.41, 5.74) is -0.584. The van der Waals surface area contributed by atoms with Crippen molar-refractivity contribution < 1.29 is 17.9 Å². The van der Waals surface area contributed by atoms with Crippen LogP contribution >= 0.6 is 11.3 Å². The molecule has 0 fully saturated rings. The highest BCUT2D eigenvalue weighted by Crippen LogP contribution is 2.36. The van der Waals surface area contributed by atoms with E-state index in [2.05, 4.69) is 0 Å². The molecule has 6 nitrogen and oxygen atoms in total. The summed E-state index contributed by atoms with van der Waals surface area (Å²) in [4.78, 5) is 14.4. The van der Waals surface area contributed by atoms with E-state index in [9.17, 15) is 13.2 Å². The molecule has 0 bridgehead atoms. The Morgan fingerprint density at radius 1 is 1.43 bits per heavy atom. The van der Waals surface area contributed by atoms with Gasteiger partial charge in [-0.2, -0.15) is 0 Å². The number of carbonyl (C=O) groups is 1. The minimum absolute atomic E-state index is 0.0912. The molecule has 116 valence electrons. The zero-order valence-electron chi connectivity index (χ0n) is 12.1. The van der Waals surface area contributed by atoms with Crippen molar-refractivity contribution in [1.82, 2.24) is 4.90 Å². The number of ether oxygens (including phenoxy) is 1. The molecule has 21 heavy (non-hydrogen) atoms. The highest BCUT2D eigenvalue weighted by Gasteiger charge is 2.31. The van der Waals surface area contributed by atoms with Gasteiger partial charge in [0.1, 0.15) is 9.81 Å². The van der Waals surface area contributed by atoms with Crippen LogP contribution in [0.3, 0.4) is 0 Å². The van der Waals surface area contributed by atoms with Crippen molar-refractivity contribution in [2.24, 2.45) is 5.14 Å². The summed E-state index contributed by atoms with van der Waals surface area (Å²) >= 11 is 1.07. The first-order valence-corrected chi connectivity index (χ1v) is 8.75. The van der Waals surface area contributed by atoms with Crippen LogP contribution in [0.1, 0.15) is 38.1 Å². The van der Waals surface area contributed by atoms with Crippen LogP contribution < -0.4 is 5.14 Å². The second-order valence-electron chi connectivity index (χ2n) is 5.73. The first-order valence-electron chi connectivity index (χ1n) is 6.38. The van der Waals surface area contributed by atoms with Crippen LogP contribution in [-0.2, 0) is 14.8 Å². The molecule has 0 saturated carbocycles. The van der Waals surface area contributed by atoms with Crippen LogP contribution in [0.2, 0.25) is 0 Å². The second-order valence-corrected chi connectivity index (χ2v) is 8.63. The normalized spacial score (nSPS) is 19.0. The van der Waals surface area contributed by atoms with Gasteiger partial charge in [-0.15, -0.1) is 11.3 Å². The van der Waals surface area contributed by atoms with Gasteiger partial charge in [0.05, 0.1) is 6.04 Å². The highest BCUT2D eigenvalue weighted by atomic mass is 32.2. The fourth-order valence-electron chi connectivity index (χ4n) is 1.94. The highest BCUT2D eigenvalue weighted by molar-refractivity contribution is 7.91. The molecule has 1 aliphatic rings. The Hall–Kier alpha value is -1.38. The predicted octanol–water partition coefficient (Wildman–Crippen LogP) is 2.59. The van der Waals surface area contributed by atoms with Crippen molar-refractivity contribution in [2.45, 2.75) is 43.0 Å². The van der Waals surface area contributed by atoms with E-state index in [0.29, 0.717) is 6.42 Å². The molecule has 8 heteroatoms. The lowest BCUT2D eigenvalue weighted by atomic mass is 10.2. The minimum atomic E-state index is -3.71. The number of sulfonamides is 1. The third-order valence-corrected chi connectivity index (χ3v) is 5.40. The number of nitrogens with two attached hydrogens (primary N) is 1. The van der Waals surface area contributed by atoms with E-state index >= 15 is 0 Å². The Kier molecular flexibility index (Phi) is 4.14. The van der Waals surface area contributed by atoms with Crippen molar-refractivity contribution >= 4 is 27.5 Å². The van der Waals surface area contributed by atoms with Crippen molar-refractivity contribution in [2.75, 3.05) is 0 Å². The average molecular weight is 330 g/mol. The van der Waals surface area contributed by atoms with E-state index in [1.54, 1.807) is 33.0 Å². The van der Waals surface area contributed by atoms with Crippen molar-refractivity contribution in [3.8, 4) is 0 Å². The van der Waals surface area contributed by atoms with Gasteiger partial charge in [0.2, 0.25) is 10.0 Å². The average Bonchev–Trinajstić information content (AvgIpc) is 2.94. The molecule has 1 aromatic heterocycles. The quantitative estimate of drug-likeness (QED) is 0.902. The van der Waals surface area contributed by atoms with Gasteiger partial charge in [0.15, 0.2) is 0 Å². The predicted molar refractivity (Wildman–Crippen MR) is 80.3 cm³/mol. The summed E-state index contributed by atoms with van der Waals surface area (Å²) in [6.07, 6.45) is 3.68. The summed E-state index contributed by atoms with van der Waals surface area (Å²) in [7, 11) is -3.71. The van der Waals surface area contributed by atoms with Crippen LogP contribution in [0.4, 0.5) is 4.79 Å². The first kappa shape index (κ1) is 16.0. The smallest absolute Gasteiger partial charge is 0.414 e. The molecule has 0 spiro atoms. The van der Waals surface area contributed by atoms with Crippen LogP contribution in [-0.4, -0.2) is 25.0 Å². The van der Waals surface area contributed by atoms with Gasteiger partial charge < -0.3 is 4.74 Å². The molecule has 2 rings (SSSR count). The van der Waals surface area contributed by atoms with Crippen LogP contribution in [0, 0.1) is 0 Å². The van der Waals surface area contributed by atoms with E-state index < -0.39 is 21.7 Å². The molecule has 2 heterocycles. The van der Waals surface area contributed by atoms with Crippen molar-refractivity contribution in [1.29, 1.82) is 0 Å². The number of thiophene rings is 1. The SMILES string of the molecule is CC(C)(C)OC(=O)N1C=CC[C@@H]1c1ccc(S(N)(=O)=O)s1. The van der Waals surface area contributed by atoms with Crippen molar-refractivity contribution in [3.05, 3.63) is 29.3 Å².